The minimum absolute atomic E-state index is 0.0341. The van der Waals surface area contributed by atoms with Crippen LogP contribution in [0.4, 0.5) is 0 Å². The van der Waals surface area contributed by atoms with E-state index in [0.717, 1.165) is 0 Å². The smallest absolute Gasteiger partial charge is 0.252 e. The number of hydrogen-bond acceptors (Lipinski definition) is 3. The van der Waals surface area contributed by atoms with Crippen molar-refractivity contribution in [1.29, 1.82) is 0 Å². The van der Waals surface area contributed by atoms with E-state index in [1.807, 2.05) is 0 Å². The summed E-state index contributed by atoms with van der Waals surface area (Å²) < 4.78 is 0. The second-order valence-electron chi connectivity index (χ2n) is 2.86. The molecule has 0 bridgehead atoms. The van der Waals surface area contributed by atoms with Crippen molar-refractivity contribution in [3.8, 4) is 0 Å². The number of carboxylic acid groups (broad SMARTS) is 1. The average Bonchev–Trinajstić information content (AvgIpc) is 2.17. The molecule has 0 unspecified atom stereocenters. The molecule has 1 aromatic rings. The molecule has 0 aliphatic rings. The molecular weight excluding hydrogens is 218 g/mol. The predicted octanol–water partition coefficient (Wildman–Crippen LogP) is 0.210. The molecule has 0 radical (unpaired) electrons. The monoisotopic (exact) mass is 226 g/mol. The number of halogens is 1. The van der Waals surface area contributed by atoms with Crippen molar-refractivity contribution in [2.24, 2.45) is 0 Å². The van der Waals surface area contributed by atoms with E-state index in [4.69, 9.17) is 11.6 Å². The Kier molecular flexibility index (Phi) is 4.12. The van der Waals surface area contributed by atoms with Crippen LogP contribution >= 0.6 is 11.6 Å². The number of aliphatic carboxylic acids is 1. The van der Waals surface area contributed by atoms with E-state index in [1.165, 1.54) is 0 Å². The minimum Gasteiger partial charge on any atom is -0.550 e. The van der Waals surface area contributed by atoms with Crippen LogP contribution in [0, 0.1) is 0 Å². The van der Waals surface area contributed by atoms with Gasteiger partial charge in [-0.3, -0.25) is 4.79 Å². The number of nitrogens with one attached hydrogen (secondary N) is 1. The number of benzene rings is 1. The first-order valence-corrected chi connectivity index (χ1v) is 4.71. The molecule has 4 nitrogen and oxygen atoms in total. The van der Waals surface area contributed by atoms with Gasteiger partial charge in [0.2, 0.25) is 0 Å². The molecule has 5 heteroatoms. The molecule has 0 aromatic heterocycles. The van der Waals surface area contributed by atoms with E-state index in [1.54, 1.807) is 24.3 Å². The molecule has 1 rings (SSSR count). The highest BCUT2D eigenvalue weighted by atomic mass is 35.5. The summed E-state index contributed by atoms with van der Waals surface area (Å²) in [7, 11) is 0. The van der Waals surface area contributed by atoms with Crippen LogP contribution in [-0.4, -0.2) is 18.4 Å². The van der Waals surface area contributed by atoms with Crippen LogP contribution in [0.5, 0.6) is 0 Å². The molecule has 1 N–H and O–H groups in total. The van der Waals surface area contributed by atoms with E-state index >= 15 is 0 Å². The van der Waals surface area contributed by atoms with Crippen LogP contribution in [0.3, 0.4) is 0 Å². The van der Waals surface area contributed by atoms with Gasteiger partial charge in [-0.25, -0.2) is 0 Å². The highest BCUT2D eigenvalue weighted by Gasteiger charge is 2.07. The van der Waals surface area contributed by atoms with Crippen LogP contribution in [-0.2, 0) is 4.79 Å². The number of carbonyl (C=O) groups excluding carboxylic acids is 2. The fourth-order valence-electron chi connectivity index (χ4n) is 1.02. The number of hydrogen-bond donors (Lipinski definition) is 1. The molecule has 0 atom stereocenters. The fraction of sp³-hybridized carbons (Fsp3) is 0.200. The highest BCUT2D eigenvalue weighted by molar-refractivity contribution is 6.33. The van der Waals surface area contributed by atoms with Crippen molar-refractivity contribution in [1.82, 2.24) is 5.32 Å². The number of rotatable bonds is 4. The van der Waals surface area contributed by atoms with Crippen LogP contribution in [0.15, 0.2) is 24.3 Å². The summed E-state index contributed by atoms with van der Waals surface area (Å²) in [5.74, 6) is -1.59. The number of carbonyl (C=O) groups is 2. The third kappa shape index (κ3) is 3.59. The Balaban J connectivity index is 2.54. The molecule has 80 valence electrons. The van der Waals surface area contributed by atoms with Crippen molar-refractivity contribution in [2.75, 3.05) is 6.54 Å². The van der Waals surface area contributed by atoms with Gasteiger partial charge in [0.1, 0.15) is 0 Å². The van der Waals surface area contributed by atoms with Gasteiger partial charge in [0, 0.05) is 18.9 Å². The summed E-state index contributed by atoms with van der Waals surface area (Å²) in [5, 5.41) is 12.9. The zero-order chi connectivity index (χ0) is 11.3. The molecule has 0 spiro atoms. The molecule has 0 fully saturated rings. The van der Waals surface area contributed by atoms with E-state index in [-0.39, 0.29) is 18.9 Å². The van der Waals surface area contributed by atoms with Gasteiger partial charge in [-0.15, -0.1) is 0 Å². The van der Waals surface area contributed by atoms with Gasteiger partial charge < -0.3 is 15.2 Å². The number of carboxylic acids is 1. The maximum atomic E-state index is 11.4. The second-order valence-corrected chi connectivity index (χ2v) is 3.26. The number of amides is 1. The van der Waals surface area contributed by atoms with Crippen molar-refractivity contribution >= 4 is 23.5 Å². The fourth-order valence-corrected chi connectivity index (χ4v) is 1.24. The van der Waals surface area contributed by atoms with Gasteiger partial charge in [0.25, 0.3) is 5.91 Å². The lowest BCUT2D eigenvalue weighted by atomic mass is 10.2. The van der Waals surface area contributed by atoms with Gasteiger partial charge in [-0.05, 0) is 12.1 Å². The third-order valence-corrected chi connectivity index (χ3v) is 2.06. The normalized spacial score (nSPS) is 9.67. The second kappa shape index (κ2) is 5.36. The van der Waals surface area contributed by atoms with E-state index in [9.17, 15) is 14.7 Å². The van der Waals surface area contributed by atoms with Crippen molar-refractivity contribution in [3.05, 3.63) is 34.9 Å². The third-order valence-electron chi connectivity index (χ3n) is 1.73. The Morgan fingerprint density at radius 2 is 2.00 bits per heavy atom. The van der Waals surface area contributed by atoms with Crippen LogP contribution in [0.1, 0.15) is 16.8 Å². The highest BCUT2D eigenvalue weighted by Crippen LogP contribution is 2.14. The van der Waals surface area contributed by atoms with Gasteiger partial charge in [-0.1, -0.05) is 23.7 Å². The average molecular weight is 227 g/mol. The maximum absolute atomic E-state index is 11.4. The van der Waals surface area contributed by atoms with Crippen molar-refractivity contribution in [3.63, 3.8) is 0 Å². The summed E-state index contributed by atoms with van der Waals surface area (Å²) in [6.45, 7) is 0.0341. The first-order chi connectivity index (χ1) is 7.11. The topological polar surface area (TPSA) is 69.2 Å². The van der Waals surface area contributed by atoms with Crippen LogP contribution in [0.25, 0.3) is 0 Å². The zero-order valence-electron chi connectivity index (χ0n) is 7.83. The Hall–Kier alpha value is -1.55. The zero-order valence-corrected chi connectivity index (χ0v) is 8.58. The molecule has 0 saturated heterocycles. The summed E-state index contributed by atoms with van der Waals surface area (Å²) in [5.41, 5.74) is 0.331. The molecule has 0 aliphatic carbocycles. The molecule has 0 saturated carbocycles. The standard InChI is InChI=1S/C10H10ClNO3/c11-8-4-2-1-3-7(8)10(15)12-6-5-9(13)14/h1-4H,5-6H2,(H,12,15)(H,13,14)/p-1. The van der Waals surface area contributed by atoms with Crippen molar-refractivity contribution < 1.29 is 14.7 Å². The lowest BCUT2D eigenvalue weighted by molar-refractivity contribution is -0.305. The Labute approximate surface area is 91.9 Å². The summed E-state index contributed by atoms with van der Waals surface area (Å²) >= 11 is 5.77. The van der Waals surface area contributed by atoms with Gasteiger partial charge in [0.05, 0.1) is 10.6 Å². The minimum atomic E-state index is -1.20. The lowest BCUT2D eigenvalue weighted by Crippen LogP contribution is -2.31. The van der Waals surface area contributed by atoms with Crippen LogP contribution < -0.4 is 10.4 Å². The lowest BCUT2D eigenvalue weighted by Gasteiger charge is -2.06. The quantitative estimate of drug-likeness (QED) is 0.798. The van der Waals surface area contributed by atoms with E-state index < -0.39 is 5.97 Å². The first kappa shape index (κ1) is 11.5. The summed E-state index contributed by atoms with van der Waals surface area (Å²) in [4.78, 5) is 21.5. The van der Waals surface area contributed by atoms with E-state index in [0.29, 0.717) is 10.6 Å². The summed E-state index contributed by atoms with van der Waals surface area (Å²) in [6.07, 6.45) is -0.212. The van der Waals surface area contributed by atoms with Gasteiger partial charge in [0.15, 0.2) is 0 Å². The Morgan fingerprint density at radius 1 is 1.33 bits per heavy atom. The SMILES string of the molecule is O=C([O-])CCNC(=O)c1ccccc1Cl. The molecule has 0 aliphatic heterocycles. The molecule has 1 aromatic carbocycles. The predicted molar refractivity (Wildman–Crippen MR) is 53.4 cm³/mol. The first-order valence-electron chi connectivity index (χ1n) is 4.34. The molecule has 1 amide bonds. The molecular formula is C10H9ClNO3-. The molecule has 0 heterocycles. The van der Waals surface area contributed by atoms with Crippen LogP contribution in [0.2, 0.25) is 5.02 Å². The maximum Gasteiger partial charge on any atom is 0.252 e. The van der Waals surface area contributed by atoms with E-state index in [2.05, 4.69) is 5.32 Å². The van der Waals surface area contributed by atoms with Gasteiger partial charge in [-0.2, -0.15) is 0 Å². The largest absolute Gasteiger partial charge is 0.550 e. The summed E-state index contributed by atoms with van der Waals surface area (Å²) in [6, 6.07) is 6.55. The Morgan fingerprint density at radius 3 is 2.60 bits per heavy atom. The van der Waals surface area contributed by atoms with Crippen molar-refractivity contribution in [2.45, 2.75) is 6.42 Å². The molecule has 15 heavy (non-hydrogen) atoms. The Bertz CT molecular complexity index is 379. The van der Waals surface area contributed by atoms with Gasteiger partial charge >= 0.3 is 0 Å².